The Balaban J connectivity index is 3.14. The molecule has 0 aliphatic heterocycles. The summed E-state index contributed by atoms with van der Waals surface area (Å²) in [7, 11) is 0. The Bertz CT molecular complexity index is 45.6. The Morgan fingerprint density at radius 1 is 1.60 bits per heavy atom. The lowest BCUT2D eigenvalue weighted by molar-refractivity contribution is 2.40. The van der Waals surface area contributed by atoms with Crippen LogP contribution in [0.5, 0.6) is 0 Å². The molecule has 1 radical (unpaired) electrons. The Hall–Kier alpha value is 0.540. The highest BCUT2D eigenvalue weighted by atomic mass is 35.5. The summed E-state index contributed by atoms with van der Waals surface area (Å²) in [6.45, 7) is 0. The molecule has 0 atom stereocenters. The molecule has 0 N–H and O–H groups in total. The van der Waals surface area contributed by atoms with E-state index in [1.807, 2.05) is 0 Å². The van der Waals surface area contributed by atoms with E-state index in [-0.39, 0.29) is 4.49 Å². The summed E-state index contributed by atoms with van der Waals surface area (Å²) in [6, 6.07) is 0. The zero-order chi connectivity index (χ0) is 4.28. The predicted molar refractivity (Wildman–Crippen MR) is 27.4 cm³/mol. The first-order valence-corrected chi connectivity index (χ1v) is 2.13. The molecule has 0 aromatic heterocycles. The third kappa shape index (κ3) is 4.54. The van der Waals surface area contributed by atoms with Crippen molar-refractivity contribution in [1.82, 2.24) is 0 Å². The zero-order valence-corrected chi connectivity index (χ0v) is 4.57. The molecule has 0 fully saturated rings. The number of halogens is 2. The molecule has 0 nitrogen and oxygen atoms in total. The minimum atomic E-state index is 0.139. The average Bonchev–Trinajstić information content (AvgIpc) is 1.38. The van der Waals surface area contributed by atoms with Gasteiger partial charge in [-0.1, -0.05) is 35.8 Å². The molecule has 0 unspecified atom stereocenters. The summed E-state index contributed by atoms with van der Waals surface area (Å²) in [4.78, 5) is 0. The van der Waals surface area contributed by atoms with Crippen molar-refractivity contribution in [3.05, 3.63) is 9.90 Å². The molecule has 0 heterocycles. The Morgan fingerprint density at radius 3 is 1.80 bits per heavy atom. The SMILES string of the molecule is [S]C=C(Cl)Cl. The van der Waals surface area contributed by atoms with Crippen molar-refractivity contribution < 1.29 is 0 Å². The van der Waals surface area contributed by atoms with E-state index in [0.717, 1.165) is 0 Å². The first-order valence-electron chi connectivity index (χ1n) is 0.902. The van der Waals surface area contributed by atoms with E-state index in [1.54, 1.807) is 0 Å². The standard InChI is InChI=1S/C2HCl2S/c3-2(4)1-5/h1H. The molecule has 0 saturated heterocycles. The molecule has 0 bridgehead atoms. The first-order chi connectivity index (χ1) is 2.27. The van der Waals surface area contributed by atoms with Gasteiger partial charge in [-0.3, -0.25) is 0 Å². The van der Waals surface area contributed by atoms with Gasteiger partial charge in [0.1, 0.15) is 4.49 Å². The van der Waals surface area contributed by atoms with Crippen LogP contribution in [-0.2, 0) is 0 Å². The van der Waals surface area contributed by atoms with Gasteiger partial charge >= 0.3 is 0 Å². The van der Waals surface area contributed by atoms with Crippen LogP contribution in [-0.4, -0.2) is 0 Å². The van der Waals surface area contributed by atoms with Crippen LogP contribution >= 0.6 is 35.8 Å². The topological polar surface area (TPSA) is 0 Å². The quantitative estimate of drug-likeness (QED) is 0.470. The highest BCUT2D eigenvalue weighted by molar-refractivity contribution is 7.83. The Labute approximate surface area is 46.2 Å². The number of rotatable bonds is 0. The summed E-state index contributed by atoms with van der Waals surface area (Å²) < 4.78 is 0.139. The normalized spacial score (nSPS) is 6.80. The van der Waals surface area contributed by atoms with Gasteiger partial charge in [0.2, 0.25) is 0 Å². The van der Waals surface area contributed by atoms with Crippen molar-refractivity contribution >= 4 is 35.8 Å². The van der Waals surface area contributed by atoms with Gasteiger partial charge in [0, 0.05) is 5.41 Å². The molecule has 3 heteroatoms. The van der Waals surface area contributed by atoms with Crippen LogP contribution in [0.25, 0.3) is 0 Å². The van der Waals surface area contributed by atoms with Gasteiger partial charge < -0.3 is 0 Å². The molecule has 29 valence electrons. The maximum atomic E-state index is 4.98. The van der Waals surface area contributed by atoms with Gasteiger partial charge in [0.15, 0.2) is 0 Å². The van der Waals surface area contributed by atoms with E-state index < -0.39 is 0 Å². The van der Waals surface area contributed by atoms with Gasteiger partial charge in [-0.25, -0.2) is 0 Å². The summed E-state index contributed by atoms with van der Waals surface area (Å²) in [6.07, 6.45) is 0. The molecule has 0 aromatic rings. The highest BCUT2D eigenvalue weighted by Gasteiger charge is 1.70. The van der Waals surface area contributed by atoms with Gasteiger partial charge in [-0.05, 0) is 0 Å². The first kappa shape index (κ1) is 5.54. The van der Waals surface area contributed by atoms with Crippen molar-refractivity contribution in [3.63, 3.8) is 0 Å². The van der Waals surface area contributed by atoms with E-state index in [0.29, 0.717) is 0 Å². The largest absolute Gasteiger partial charge is 0.117 e. The molecule has 0 spiro atoms. The fraction of sp³-hybridized carbons (Fsp3) is 0. The van der Waals surface area contributed by atoms with Gasteiger partial charge in [-0.2, -0.15) is 0 Å². The molecule has 0 rings (SSSR count). The highest BCUT2D eigenvalue weighted by Crippen LogP contribution is 2.05. The predicted octanol–water partition coefficient (Wildman–Crippen LogP) is 2.46. The van der Waals surface area contributed by atoms with E-state index in [2.05, 4.69) is 12.6 Å². The van der Waals surface area contributed by atoms with Crippen LogP contribution < -0.4 is 0 Å². The van der Waals surface area contributed by atoms with E-state index in [9.17, 15) is 0 Å². The molecular formula is C2HCl2S. The maximum Gasteiger partial charge on any atom is 0.117 e. The summed E-state index contributed by atoms with van der Waals surface area (Å²) in [5, 5.41) is 1.20. The molecular weight excluding hydrogens is 127 g/mol. The van der Waals surface area contributed by atoms with Gasteiger partial charge in [0.05, 0.1) is 0 Å². The molecule has 5 heavy (non-hydrogen) atoms. The lowest BCUT2D eigenvalue weighted by Crippen LogP contribution is -1.34. The van der Waals surface area contributed by atoms with E-state index in [4.69, 9.17) is 23.2 Å². The van der Waals surface area contributed by atoms with Crippen LogP contribution in [0.1, 0.15) is 0 Å². The van der Waals surface area contributed by atoms with Crippen LogP contribution in [0, 0.1) is 0 Å². The number of hydrogen-bond donors (Lipinski definition) is 0. The van der Waals surface area contributed by atoms with Crippen LogP contribution in [0.4, 0.5) is 0 Å². The maximum absolute atomic E-state index is 4.98. The minimum absolute atomic E-state index is 0.139. The second kappa shape index (κ2) is 2.76. The van der Waals surface area contributed by atoms with Gasteiger partial charge in [-0.15, -0.1) is 0 Å². The van der Waals surface area contributed by atoms with Crippen molar-refractivity contribution in [2.45, 2.75) is 0 Å². The minimum Gasteiger partial charge on any atom is -0.0861 e. The van der Waals surface area contributed by atoms with Crippen LogP contribution in [0.2, 0.25) is 0 Å². The summed E-state index contributed by atoms with van der Waals surface area (Å²) in [5.74, 6) is 0. The van der Waals surface area contributed by atoms with Crippen molar-refractivity contribution in [1.29, 1.82) is 0 Å². The van der Waals surface area contributed by atoms with Crippen molar-refractivity contribution in [3.8, 4) is 0 Å². The number of hydrogen-bond acceptors (Lipinski definition) is 0. The third-order valence-corrected chi connectivity index (χ3v) is 0.802. The van der Waals surface area contributed by atoms with E-state index >= 15 is 0 Å². The lowest BCUT2D eigenvalue weighted by atomic mass is 11.2. The molecule has 0 saturated carbocycles. The lowest BCUT2D eigenvalue weighted by Gasteiger charge is -1.64. The van der Waals surface area contributed by atoms with Crippen LogP contribution in [0.15, 0.2) is 9.90 Å². The smallest absolute Gasteiger partial charge is 0.0861 e. The Kier molecular flexibility index (Phi) is 3.06. The zero-order valence-electron chi connectivity index (χ0n) is 2.24. The second-order valence-corrected chi connectivity index (χ2v) is 1.65. The fourth-order valence-electron chi connectivity index (χ4n) is 0. The molecule has 0 aromatic carbocycles. The third-order valence-electron chi connectivity index (χ3n) is 0.0891. The summed E-state index contributed by atoms with van der Waals surface area (Å²) >= 11 is 14.2. The Morgan fingerprint density at radius 2 is 1.80 bits per heavy atom. The monoisotopic (exact) mass is 127 g/mol. The summed E-state index contributed by atoms with van der Waals surface area (Å²) in [5.41, 5.74) is 0. The molecule has 0 amide bonds. The van der Waals surface area contributed by atoms with Crippen molar-refractivity contribution in [2.24, 2.45) is 0 Å². The fourth-order valence-corrected chi connectivity index (χ4v) is 0. The van der Waals surface area contributed by atoms with E-state index in [1.165, 1.54) is 5.41 Å². The van der Waals surface area contributed by atoms with Crippen LogP contribution in [0.3, 0.4) is 0 Å². The molecule has 0 aliphatic rings. The molecule has 0 aliphatic carbocycles. The average molecular weight is 128 g/mol. The van der Waals surface area contributed by atoms with Gasteiger partial charge in [0.25, 0.3) is 0 Å². The second-order valence-electron chi connectivity index (χ2n) is 0.407. The van der Waals surface area contributed by atoms with Crippen molar-refractivity contribution in [2.75, 3.05) is 0 Å².